The van der Waals surface area contributed by atoms with Crippen LogP contribution in [0.15, 0.2) is 138 Å². The monoisotopic (exact) mass is 470 g/mol. The molecule has 0 aliphatic heterocycles. The quantitative estimate of drug-likeness (QED) is 0.234. The average molecular weight is 471 g/mol. The van der Waals surface area contributed by atoms with E-state index in [2.05, 4.69) is 115 Å². The molecule has 1 heteroatoms. The van der Waals surface area contributed by atoms with Gasteiger partial charge >= 0.3 is 0 Å². The van der Waals surface area contributed by atoms with Crippen LogP contribution in [0.5, 0.6) is 0 Å². The van der Waals surface area contributed by atoms with Crippen LogP contribution in [0.4, 0.5) is 0 Å². The molecule has 0 aliphatic carbocycles. The molecule has 7 aromatic carbocycles. The summed E-state index contributed by atoms with van der Waals surface area (Å²) in [5.41, 5.74) is 8.36. The highest BCUT2D eigenvalue weighted by Gasteiger charge is 2.15. The van der Waals surface area contributed by atoms with E-state index in [-0.39, 0.29) is 0 Å². The summed E-state index contributed by atoms with van der Waals surface area (Å²) in [6, 6.07) is 46.2. The first-order valence-corrected chi connectivity index (χ1v) is 12.7. The number of hydrogen-bond acceptors (Lipinski definition) is 1. The van der Waals surface area contributed by atoms with Gasteiger partial charge in [0, 0.05) is 5.39 Å². The van der Waals surface area contributed by atoms with Crippen molar-refractivity contribution in [1.82, 2.24) is 0 Å². The molecular weight excluding hydrogens is 448 g/mol. The van der Waals surface area contributed by atoms with E-state index in [0.717, 1.165) is 11.0 Å². The van der Waals surface area contributed by atoms with Crippen molar-refractivity contribution in [2.45, 2.75) is 0 Å². The van der Waals surface area contributed by atoms with Crippen LogP contribution in [0.3, 0.4) is 0 Å². The molecule has 37 heavy (non-hydrogen) atoms. The molecule has 8 rings (SSSR count). The molecule has 0 spiro atoms. The number of hydrogen-bond donors (Lipinski definition) is 0. The molecule has 0 atom stereocenters. The van der Waals surface area contributed by atoms with Crippen molar-refractivity contribution in [2.75, 3.05) is 0 Å². The SMILES string of the molecule is c1ccc(-c2ccc3ccc4c(-c5ccc(-c6ccc7occc7c6)cc5)ccc5ccc2c3c54)cc1. The minimum atomic E-state index is 0.921. The minimum absolute atomic E-state index is 0.921. The Morgan fingerprint density at radius 3 is 1.62 bits per heavy atom. The molecule has 1 aromatic heterocycles. The van der Waals surface area contributed by atoms with Crippen molar-refractivity contribution in [3.8, 4) is 33.4 Å². The highest BCUT2D eigenvalue weighted by molar-refractivity contribution is 6.27. The molecular formula is C36H22O. The highest BCUT2D eigenvalue weighted by atomic mass is 16.3. The van der Waals surface area contributed by atoms with Gasteiger partial charge in [0.1, 0.15) is 5.58 Å². The lowest BCUT2D eigenvalue weighted by Crippen LogP contribution is -1.89. The molecule has 0 saturated carbocycles. The Hall–Kier alpha value is -4.88. The largest absolute Gasteiger partial charge is 0.464 e. The molecule has 0 unspecified atom stereocenters. The van der Waals surface area contributed by atoms with E-state index >= 15 is 0 Å². The first kappa shape index (κ1) is 20.3. The molecule has 1 heterocycles. The van der Waals surface area contributed by atoms with Gasteiger partial charge in [-0.05, 0) is 83.9 Å². The molecule has 0 fully saturated rings. The third kappa shape index (κ3) is 3.11. The summed E-state index contributed by atoms with van der Waals surface area (Å²) in [4.78, 5) is 0. The molecule has 0 saturated heterocycles. The third-order valence-electron chi connectivity index (χ3n) is 7.73. The summed E-state index contributed by atoms with van der Waals surface area (Å²) in [6.45, 7) is 0. The van der Waals surface area contributed by atoms with Crippen LogP contribution in [0.2, 0.25) is 0 Å². The van der Waals surface area contributed by atoms with Gasteiger partial charge in [-0.3, -0.25) is 0 Å². The smallest absolute Gasteiger partial charge is 0.133 e. The summed E-state index contributed by atoms with van der Waals surface area (Å²) >= 11 is 0. The predicted molar refractivity (Wildman–Crippen MR) is 156 cm³/mol. The van der Waals surface area contributed by atoms with Gasteiger partial charge in [0.15, 0.2) is 0 Å². The van der Waals surface area contributed by atoms with Crippen molar-refractivity contribution in [3.63, 3.8) is 0 Å². The number of rotatable bonds is 3. The van der Waals surface area contributed by atoms with Crippen LogP contribution in [0.1, 0.15) is 0 Å². The number of fused-ring (bicyclic) bond motifs is 1. The summed E-state index contributed by atoms with van der Waals surface area (Å²) in [5.74, 6) is 0. The Bertz CT molecular complexity index is 2060. The lowest BCUT2D eigenvalue weighted by atomic mass is 9.87. The zero-order valence-electron chi connectivity index (χ0n) is 20.1. The first-order valence-electron chi connectivity index (χ1n) is 12.7. The van der Waals surface area contributed by atoms with Crippen LogP contribution in [0.25, 0.3) is 76.7 Å². The molecule has 0 bridgehead atoms. The van der Waals surface area contributed by atoms with Crippen molar-refractivity contribution in [3.05, 3.63) is 134 Å². The maximum Gasteiger partial charge on any atom is 0.133 e. The second kappa shape index (κ2) is 7.81. The normalized spacial score (nSPS) is 11.8. The van der Waals surface area contributed by atoms with Crippen LogP contribution < -0.4 is 0 Å². The van der Waals surface area contributed by atoms with Gasteiger partial charge in [0.05, 0.1) is 6.26 Å². The lowest BCUT2D eigenvalue weighted by molar-refractivity contribution is 0.616. The molecule has 1 nitrogen and oxygen atoms in total. The van der Waals surface area contributed by atoms with Gasteiger partial charge in [0.25, 0.3) is 0 Å². The van der Waals surface area contributed by atoms with E-state index in [0.29, 0.717) is 0 Å². The molecule has 0 N–H and O–H groups in total. The fourth-order valence-electron chi connectivity index (χ4n) is 5.91. The topological polar surface area (TPSA) is 13.1 Å². The van der Waals surface area contributed by atoms with Crippen molar-refractivity contribution in [1.29, 1.82) is 0 Å². The van der Waals surface area contributed by atoms with Gasteiger partial charge in [0.2, 0.25) is 0 Å². The second-order valence-corrected chi connectivity index (χ2v) is 9.77. The molecule has 0 radical (unpaired) electrons. The summed E-state index contributed by atoms with van der Waals surface area (Å²) in [6.07, 6.45) is 1.74. The van der Waals surface area contributed by atoms with Crippen LogP contribution in [-0.2, 0) is 0 Å². The van der Waals surface area contributed by atoms with Gasteiger partial charge < -0.3 is 4.42 Å². The Morgan fingerprint density at radius 1 is 0.378 bits per heavy atom. The Kier molecular flexibility index (Phi) is 4.29. The van der Waals surface area contributed by atoms with E-state index in [1.165, 1.54) is 65.7 Å². The van der Waals surface area contributed by atoms with Gasteiger partial charge in [-0.1, -0.05) is 109 Å². The van der Waals surface area contributed by atoms with E-state index in [9.17, 15) is 0 Å². The first-order chi connectivity index (χ1) is 18.3. The Morgan fingerprint density at radius 2 is 0.946 bits per heavy atom. The van der Waals surface area contributed by atoms with E-state index < -0.39 is 0 Å². The second-order valence-electron chi connectivity index (χ2n) is 9.77. The van der Waals surface area contributed by atoms with Crippen molar-refractivity contribution < 1.29 is 4.42 Å². The fourth-order valence-corrected chi connectivity index (χ4v) is 5.91. The van der Waals surface area contributed by atoms with Crippen molar-refractivity contribution in [2.24, 2.45) is 0 Å². The zero-order valence-corrected chi connectivity index (χ0v) is 20.1. The van der Waals surface area contributed by atoms with E-state index in [1.807, 2.05) is 12.1 Å². The number of furan rings is 1. The Balaban J connectivity index is 1.30. The standard InChI is InChI=1S/C36H22O/c1-2-4-24(5-3-1)30-15-10-26-13-18-33-31(16-11-27-12-17-32(30)35(26)36(27)33)25-8-6-23(7-9-25)28-14-19-34-29(22-28)20-21-37-34/h1-22H. The van der Waals surface area contributed by atoms with Crippen LogP contribution >= 0.6 is 0 Å². The van der Waals surface area contributed by atoms with E-state index in [1.54, 1.807) is 6.26 Å². The maximum atomic E-state index is 5.51. The van der Waals surface area contributed by atoms with Crippen molar-refractivity contribution >= 4 is 43.3 Å². The third-order valence-corrected chi connectivity index (χ3v) is 7.73. The highest BCUT2D eigenvalue weighted by Crippen LogP contribution is 2.42. The van der Waals surface area contributed by atoms with E-state index in [4.69, 9.17) is 4.42 Å². The van der Waals surface area contributed by atoms with Gasteiger partial charge in [-0.15, -0.1) is 0 Å². The molecule has 0 amide bonds. The Labute approximate surface area is 214 Å². The number of benzene rings is 7. The summed E-state index contributed by atoms with van der Waals surface area (Å²) in [5, 5.41) is 9.01. The van der Waals surface area contributed by atoms with Crippen LogP contribution in [0, 0.1) is 0 Å². The summed E-state index contributed by atoms with van der Waals surface area (Å²) in [7, 11) is 0. The molecule has 8 aromatic rings. The molecule has 172 valence electrons. The average Bonchev–Trinajstić information content (AvgIpc) is 3.44. The maximum absolute atomic E-state index is 5.51. The predicted octanol–water partition coefficient (Wildman–Crippen LogP) is 10.3. The summed E-state index contributed by atoms with van der Waals surface area (Å²) < 4.78 is 5.51. The van der Waals surface area contributed by atoms with Crippen LogP contribution in [-0.4, -0.2) is 0 Å². The molecule has 0 aliphatic rings. The zero-order chi connectivity index (χ0) is 24.3. The minimum Gasteiger partial charge on any atom is -0.464 e. The van der Waals surface area contributed by atoms with Gasteiger partial charge in [-0.25, -0.2) is 0 Å². The van der Waals surface area contributed by atoms with Gasteiger partial charge in [-0.2, -0.15) is 0 Å². The lowest BCUT2D eigenvalue weighted by Gasteiger charge is -2.16. The fraction of sp³-hybridized carbons (Fsp3) is 0.